The number of para-hydroxylation sites is 1. The highest BCUT2D eigenvalue weighted by Crippen LogP contribution is 2.24. The number of carbonyl (C=O) groups is 1. The third-order valence-electron chi connectivity index (χ3n) is 6.98. The predicted molar refractivity (Wildman–Crippen MR) is 140 cm³/mol. The molecule has 2 aromatic carbocycles. The number of pyridine rings is 1. The molecule has 2 saturated heterocycles. The first-order valence-corrected chi connectivity index (χ1v) is 14.0. The molecule has 3 aromatic rings. The number of nitrogens with one attached hydrogen (secondary N) is 1. The molecule has 2 aliphatic heterocycles. The topological polar surface area (TPSA) is 91.8 Å². The standard InChI is InChI=1S/C27H32N4O4S/c1-20-18-30(19-24-8-2-3-17-35-24)15-16-31(20)27(32)22-10-12-23(13-11-22)29-36(33,34)25-9-4-6-21-7-5-14-28-26(21)25/h4-7,9-14,20,24,29H,2-3,8,15-19H2,1H3/t20-,24?/m1/s1. The van der Waals surface area contributed by atoms with Crippen LogP contribution in [-0.4, -0.2) is 74.0 Å². The average Bonchev–Trinajstić information content (AvgIpc) is 2.89. The van der Waals surface area contributed by atoms with Gasteiger partial charge < -0.3 is 9.64 Å². The minimum Gasteiger partial charge on any atom is -0.377 e. The number of rotatable bonds is 6. The Morgan fingerprint density at radius 1 is 1.08 bits per heavy atom. The number of nitrogens with zero attached hydrogens (tertiary/aromatic N) is 3. The van der Waals surface area contributed by atoms with Crippen molar-refractivity contribution in [3.63, 3.8) is 0 Å². The van der Waals surface area contributed by atoms with Gasteiger partial charge >= 0.3 is 0 Å². The van der Waals surface area contributed by atoms with E-state index in [1.165, 1.54) is 12.5 Å². The van der Waals surface area contributed by atoms with E-state index in [4.69, 9.17) is 4.74 Å². The Bertz CT molecular complexity index is 1320. The van der Waals surface area contributed by atoms with Gasteiger partial charge in [0.15, 0.2) is 0 Å². The molecule has 2 fully saturated rings. The molecule has 2 atom stereocenters. The summed E-state index contributed by atoms with van der Waals surface area (Å²) in [6, 6.07) is 15.4. The molecule has 0 radical (unpaired) electrons. The first kappa shape index (κ1) is 24.7. The van der Waals surface area contributed by atoms with Gasteiger partial charge in [0.2, 0.25) is 0 Å². The van der Waals surface area contributed by atoms with Gasteiger partial charge in [0.05, 0.1) is 11.6 Å². The zero-order valence-electron chi connectivity index (χ0n) is 20.5. The summed E-state index contributed by atoms with van der Waals surface area (Å²) >= 11 is 0. The number of hydrogen-bond acceptors (Lipinski definition) is 6. The monoisotopic (exact) mass is 508 g/mol. The van der Waals surface area contributed by atoms with Gasteiger partial charge in [-0.25, -0.2) is 8.42 Å². The smallest absolute Gasteiger partial charge is 0.264 e. The molecule has 36 heavy (non-hydrogen) atoms. The lowest BCUT2D eigenvalue weighted by Crippen LogP contribution is -2.55. The van der Waals surface area contributed by atoms with E-state index in [9.17, 15) is 13.2 Å². The summed E-state index contributed by atoms with van der Waals surface area (Å²) in [4.78, 5) is 21.9. The van der Waals surface area contributed by atoms with Gasteiger partial charge in [0.25, 0.3) is 15.9 Å². The third kappa shape index (κ3) is 5.38. The average molecular weight is 509 g/mol. The highest BCUT2D eigenvalue weighted by molar-refractivity contribution is 7.93. The number of sulfonamides is 1. The lowest BCUT2D eigenvalue weighted by molar-refractivity contribution is -0.0187. The fourth-order valence-corrected chi connectivity index (χ4v) is 6.33. The number of piperazine rings is 1. The Balaban J connectivity index is 1.23. The molecular weight excluding hydrogens is 476 g/mol. The molecule has 1 unspecified atom stereocenters. The van der Waals surface area contributed by atoms with Crippen molar-refractivity contribution >= 4 is 32.5 Å². The highest BCUT2D eigenvalue weighted by Gasteiger charge is 2.30. The van der Waals surface area contributed by atoms with Crippen molar-refractivity contribution in [1.29, 1.82) is 0 Å². The maximum Gasteiger partial charge on any atom is 0.264 e. The molecule has 1 N–H and O–H groups in total. The molecule has 8 nitrogen and oxygen atoms in total. The molecule has 1 aromatic heterocycles. The SMILES string of the molecule is C[C@@H]1CN(CC2CCCCO2)CCN1C(=O)c1ccc(NS(=O)(=O)c2cccc3cccnc23)cc1. The molecule has 0 spiro atoms. The van der Waals surface area contributed by atoms with E-state index in [0.717, 1.165) is 44.5 Å². The Hall–Kier alpha value is -3.01. The van der Waals surface area contributed by atoms with Crippen LogP contribution >= 0.6 is 0 Å². The predicted octanol–water partition coefficient (Wildman–Crippen LogP) is 3.75. The van der Waals surface area contributed by atoms with Gasteiger partial charge in [0.1, 0.15) is 4.90 Å². The number of anilines is 1. The highest BCUT2D eigenvalue weighted by atomic mass is 32.2. The van der Waals surface area contributed by atoms with Crippen LogP contribution in [0.4, 0.5) is 5.69 Å². The quantitative estimate of drug-likeness (QED) is 0.545. The summed E-state index contributed by atoms with van der Waals surface area (Å²) in [5.74, 6) is -0.0382. The van der Waals surface area contributed by atoms with Gasteiger partial charge in [-0.3, -0.25) is 19.4 Å². The summed E-state index contributed by atoms with van der Waals surface area (Å²) in [6.07, 6.45) is 5.36. The second-order valence-electron chi connectivity index (χ2n) is 9.61. The minimum absolute atomic E-state index is 0.0382. The molecule has 0 aliphatic carbocycles. The molecule has 190 valence electrons. The van der Waals surface area contributed by atoms with Gasteiger partial charge in [0, 0.05) is 61.7 Å². The van der Waals surface area contributed by atoms with E-state index in [1.54, 1.807) is 42.6 Å². The largest absolute Gasteiger partial charge is 0.377 e. The number of fused-ring (bicyclic) bond motifs is 1. The van der Waals surface area contributed by atoms with Crippen LogP contribution in [0.15, 0.2) is 65.7 Å². The second kappa shape index (κ2) is 10.5. The van der Waals surface area contributed by atoms with Crippen LogP contribution in [0.5, 0.6) is 0 Å². The van der Waals surface area contributed by atoms with Crippen molar-refractivity contribution in [3.05, 3.63) is 66.4 Å². The summed E-state index contributed by atoms with van der Waals surface area (Å²) in [5, 5.41) is 0.752. The van der Waals surface area contributed by atoms with Crippen LogP contribution < -0.4 is 4.72 Å². The zero-order valence-corrected chi connectivity index (χ0v) is 21.3. The number of ether oxygens (including phenoxy) is 1. The lowest BCUT2D eigenvalue weighted by Gasteiger charge is -2.41. The van der Waals surface area contributed by atoms with E-state index in [2.05, 4.69) is 21.5 Å². The fourth-order valence-electron chi connectivity index (χ4n) is 5.09. The third-order valence-corrected chi connectivity index (χ3v) is 8.39. The van der Waals surface area contributed by atoms with Crippen LogP contribution in [0.3, 0.4) is 0 Å². The number of benzene rings is 2. The maximum atomic E-state index is 13.2. The first-order valence-electron chi connectivity index (χ1n) is 12.5. The normalized spacial score (nSPS) is 21.4. The second-order valence-corrected chi connectivity index (χ2v) is 11.3. The minimum atomic E-state index is -3.84. The summed E-state index contributed by atoms with van der Waals surface area (Å²) in [6.45, 7) is 6.16. The van der Waals surface area contributed by atoms with E-state index in [1.807, 2.05) is 17.0 Å². The summed E-state index contributed by atoms with van der Waals surface area (Å²) in [7, 11) is -3.84. The van der Waals surface area contributed by atoms with Crippen molar-refractivity contribution in [3.8, 4) is 0 Å². The first-order chi connectivity index (χ1) is 17.4. The summed E-state index contributed by atoms with van der Waals surface area (Å²) < 4.78 is 34.6. The van der Waals surface area contributed by atoms with Crippen molar-refractivity contribution in [2.75, 3.05) is 37.5 Å². The van der Waals surface area contributed by atoms with Crippen molar-refractivity contribution < 1.29 is 17.9 Å². The number of carbonyl (C=O) groups excluding carboxylic acids is 1. The van der Waals surface area contributed by atoms with Crippen LogP contribution in [-0.2, 0) is 14.8 Å². The fraction of sp³-hybridized carbons (Fsp3) is 0.407. The molecule has 0 bridgehead atoms. The molecular formula is C27H32N4O4S. The Morgan fingerprint density at radius 3 is 2.64 bits per heavy atom. The van der Waals surface area contributed by atoms with Gasteiger partial charge in [-0.2, -0.15) is 0 Å². The molecule has 5 rings (SSSR count). The van der Waals surface area contributed by atoms with Crippen molar-refractivity contribution in [2.45, 2.75) is 43.2 Å². The van der Waals surface area contributed by atoms with E-state index < -0.39 is 10.0 Å². The number of amides is 1. The van der Waals surface area contributed by atoms with Crippen LogP contribution in [0, 0.1) is 0 Å². The number of hydrogen-bond donors (Lipinski definition) is 1. The Morgan fingerprint density at radius 2 is 1.89 bits per heavy atom. The lowest BCUT2D eigenvalue weighted by atomic mass is 10.1. The van der Waals surface area contributed by atoms with Crippen LogP contribution in [0.1, 0.15) is 36.5 Å². The van der Waals surface area contributed by atoms with Crippen LogP contribution in [0.25, 0.3) is 10.9 Å². The maximum absolute atomic E-state index is 13.2. The van der Waals surface area contributed by atoms with Gasteiger partial charge in [-0.15, -0.1) is 0 Å². The Labute approximate surface area is 212 Å². The van der Waals surface area contributed by atoms with Gasteiger partial charge in [-0.05, 0) is 62.6 Å². The van der Waals surface area contributed by atoms with E-state index in [0.29, 0.717) is 29.4 Å². The molecule has 3 heterocycles. The van der Waals surface area contributed by atoms with Crippen molar-refractivity contribution in [1.82, 2.24) is 14.8 Å². The van der Waals surface area contributed by atoms with Gasteiger partial charge in [-0.1, -0.05) is 18.2 Å². The molecule has 1 amide bonds. The Kier molecular flexibility index (Phi) is 7.22. The van der Waals surface area contributed by atoms with E-state index >= 15 is 0 Å². The number of aromatic nitrogens is 1. The summed E-state index contributed by atoms with van der Waals surface area (Å²) in [5.41, 5.74) is 1.35. The molecule has 0 saturated carbocycles. The van der Waals surface area contributed by atoms with E-state index in [-0.39, 0.29) is 16.8 Å². The van der Waals surface area contributed by atoms with Crippen LogP contribution in [0.2, 0.25) is 0 Å². The van der Waals surface area contributed by atoms with Crippen molar-refractivity contribution in [2.24, 2.45) is 0 Å². The molecule has 9 heteroatoms. The molecule has 2 aliphatic rings. The zero-order chi connectivity index (χ0) is 25.1.